The second kappa shape index (κ2) is 9.41. The summed E-state index contributed by atoms with van der Waals surface area (Å²) in [5.74, 6) is -0.107. The number of alkyl halides is 3. The minimum atomic E-state index is -4.73. The van der Waals surface area contributed by atoms with Gasteiger partial charge in [0.1, 0.15) is 0 Å². The normalized spacial score (nSPS) is 18.8. The Hall–Kier alpha value is -2.09. The molecule has 0 aromatic heterocycles. The number of carbonyl (C=O) groups excluding carboxylic acids is 1. The third-order valence-corrected chi connectivity index (χ3v) is 6.74. The Morgan fingerprint density at radius 2 is 1.84 bits per heavy atom. The van der Waals surface area contributed by atoms with Crippen molar-refractivity contribution in [2.24, 2.45) is 5.92 Å². The van der Waals surface area contributed by atoms with E-state index in [1.165, 1.54) is 0 Å². The summed E-state index contributed by atoms with van der Waals surface area (Å²) in [6.45, 7) is -0.000485. The Labute approximate surface area is 190 Å². The quantitative estimate of drug-likeness (QED) is 0.602. The predicted octanol–water partition coefficient (Wildman–Crippen LogP) is 5.76. The van der Waals surface area contributed by atoms with E-state index in [9.17, 15) is 23.1 Å². The molecule has 1 amide bonds. The van der Waals surface area contributed by atoms with Crippen LogP contribution in [0.15, 0.2) is 36.4 Å². The monoisotopic (exact) mass is 466 g/mol. The van der Waals surface area contributed by atoms with Gasteiger partial charge in [0.2, 0.25) is 12.1 Å². The van der Waals surface area contributed by atoms with Crippen molar-refractivity contribution in [3.8, 4) is 11.1 Å². The number of nitrogens with zero attached hydrogens (tertiary/aromatic N) is 1. The van der Waals surface area contributed by atoms with Crippen molar-refractivity contribution in [1.29, 1.82) is 0 Å². The fourth-order valence-corrected chi connectivity index (χ4v) is 4.98. The van der Waals surface area contributed by atoms with Gasteiger partial charge in [-0.1, -0.05) is 49.1 Å². The molecule has 2 aromatic carbocycles. The van der Waals surface area contributed by atoms with Crippen LogP contribution in [0.2, 0.25) is 5.02 Å². The van der Waals surface area contributed by atoms with E-state index < -0.39 is 12.4 Å². The van der Waals surface area contributed by atoms with Crippen LogP contribution in [0.1, 0.15) is 43.2 Å². The average Bonchev–Trinajstić information content (AvgIpc) is 2.78. The van der Waals surface area contributed by atoms with E-state index >= 15 is 0 Å². The summed E-state index contributed by atoms with van der Waals surface area (Å²) in [6.07, 6.45) is -2.04. The molecule has 1 heterocycles. The summed E-state index contributed by atoms with van der Waals surface area (Å²) in [4.78, 5) is 13.8. The van der Waals surface area contributed by atoms with Crippen molar-refractivity contribution in [3.05, 3.63) is 52.5 Å². The maximum atomic E-state index is 13.1. The fourth-order valence-electron chi connectivity index (χ4n) is 4.74. The molecule has 0 saturated heterocycles. The lowest BCUT2D eigenvalue weighted by Gasteiger charge is -2.34. The molecule has 2 N–H and O–H groups in total. The number of anilines is 1. The second-order valence-electron chi connectivity index (χ2n) is 8.60. The SMILES string of the molecule is O=C(Nc1cc2c(c(-c3ccccc3Cl)c1)CCN(C(O)C(F)(F)F)C2)C1CCCCC1. The zero-order valence-corrected chi connectivity index (χ0v) is 18.3. The Bertz CT molecular complexity index is 990. The molecule has 0 spiro atoms. The van der Waals surface area contributed by atoms with Crippen molar-refractivity contribution < 1.29 is 23.1 Å². The van der Waals surface area contributed by atoms with Crippen molar-refractivity contribution in [2.75, 3.05) is 11.9 Å². The Morgan fingerprint density at radius 3 is 2.53 bits per heavy atom. The summed E-state index contributed by atoms with van der Waals surface area (Å²) in [5, 5.41) is 13.3. The van der Waals surface area contributed by atoms with Crippen molar-refractivity contribution in [2.45, 2.75) is 57.5 Å². The van der Waals surface area contributed by atoms with Crippen LogP contribution in [0.5, 0.6) is 0 Å². The van der Waals surface area contributed by atoms with Gasteiger partial charge in [0, 0.05) is 35.3 Å². The molecule has 1 aliphatic carbocycles. The lowest BCUT2D eigenvalue weighted by molar-refractivity contribution is -0.252. The van der Waals surface area contributed by atoms with Crippen LogP contribution in [0.4, 0.5) is 18.9 Å². The molecule has 32 heavy (non-hydrogen) atoms. The molecule has 0 radical (unpaired) electrons. The van der Waals surface area contributed by atoms with Gasteiger partial charge in [0.25, 0.3) is 0 Å². The number of rotatable bonds is 4. The average molecular weight is 467 g/mol. The van der Waals surface area contributed by atoms with Gasteiger partial charge in [-0.25, -0.2) is 0 Å². The van der Waals surface area contributed by atoms with E-state index in [1.54, 1.807) is 12.1 Å². The van der Waals surface area contributed by atoms with E-state index in [2.05, 4.69) is 5.32 Å². The minimum Gasteiger partial charge on any atom is -0.370 e. The highest BCUT2D eigenvalue weighted by atomic mass is 35.5. The van der Waals surface area contributed by atoms with Gasteiger partial charge < -0.3 is 10.4 Å². The van der Waals surface area contributed by atoms with E-state index in [4.69, 9.17) is 11.6 Å². The van der Waals surface area contributed by atoms with Crippen LogP contribution in [-0.2, 0) is 17.8 Å². The standard InChI is InChI=1S/C24H26ClF3N2O2/c25-21-9-5-4-8-19(21)20-13-17(29-22(31)15-6-2-1-3-7-15)12-16-14-30(11-10-18(16)20)23(32)24(26,27)28/h4-5,8-9,12-13,15,23,32H,1-3,6-7,10-11,14H2,(H,29,31). The molecule has 2 aromatic rings. The minimum absolute atomic E-state index is 0.0490. The Kier molecular flexibility index (Phi) is 6.79. The zero-order chi connectivity index (χ0) is 22.9. The van der Waals surface area contributed by atoms with Crippen LogP contribution < -0.4 is 5.32 Å². The van der Waals surface area contributed by atoms with Crippen LogP contribution in [-0.4, -0.2) is 34.9 Å². The Morgan fingerprint density at radius 1 is 1.12 bits per heavy atom. The van der Waals surface area contributed by atoms with Gasteiger partial charge in [-0.2, -0.15) is 13.2 Å². The molecule has 8 heteroatoms. The molecule has 2 aliphatic rings. The number of carbonyl (C=O) groups is 1. The highest BCUT2D eigenvalue weighted by Gasteiger charge is 2.43. The number of aliphatic hydroxyl groups is 1. The van der Waals surface area contributed by atoms with Gasteiger partial charge in [-0.05, 0) is 54.2 Å². The maximum absolute atomic E-state index is 13.1. The van der Waals surface area contributed by atoms with Crippen LogP contribution in [0, 0.1) is 5.92 Å². The summed E-state index contributed by atoms with van der Waals surface area (Å²) in [5.41, 5.74) is 3.64. The van der Waals surface area contributed by atoms with Gasteiger partial charge in [-0.3, -0.25) is 9.69 Å². The topological polar surface area (TPSA) is 52.6 Å². The molecule has 1 aliphatic heterocycles. The first kappa shape index (κ1) is 23.1. The number of hydrogen-bond donors (Lipinski definition) is 2. The summed E-state index contributed by atoms with van der Waals surface area (Å²) < 4.78 is 39.3. The molecular formula is C24H26ClF3N2O2. The van der Waals surface area contributed by atoms with Gasteiger partial charge in [-0.15, -0.1) is 0 Å². The molecular weight excluding hydrogens is 441 g/mol. The molecule has 1 atom stereocenters. The van der Waals surface area contributed by atoms with Crippen LogP contribution >= 0.6 is 11.6 Å². The first-order chi connectivity index (χ1) is 15.2. The Balaban J connectivity index is 1.70. The summed E-state index contributed by atoms with van der Waals surface area (Å²) >= 11 is 6.43. The lowest BCUT2D eigenvalue weighted by Crippen LogP contribution is -2.47. The molecule has 4 rings (SSSR count). The number of halogens is 4. The number of fused-ring (bicyclic) bond motifs is 1. The maximum Gasteiger partial charge on any atom is 0.428 e. The van der Waals surface area contributed by atoms with Crippen LogP contribution in [0.25, 0.3) is 11.1 Å². The second-order valence-corrected chi connectivity index (χ2v) is 9.01. The first-order valence-electron chi connectivity index (χ1n) is 10.9. The highest BCUT2D eigenvalue weighted by molar-refractivity contribution is 6.33. The van der Waals surface area contributed by atoms with Crippen molar-refractivity contribution >= 4 is 23.2 Å². The summed E-state index contributed by atoms with van der Waals surface area (Å²) in [7, 11) is 0. The lowest BCUT2D eigenvalue weighted by atomic mass is 9.88. The zero-order valence-electron chi connectivity index (χ0n) is 17.6. The van der Waals surface area contributed by atoms with E-state index in [1.807, 2.05) is 24.3 Å². The van der Waals surface area contributed by atoms with E-state index in [0.717, 1.165) is 53.7 Å². The predicted molar refractivity (Wildman–Crippen MR) is 118 cm³/mol. The first-order valence-corrected chi connectivity index (χ1v) is 11.3. The molecule has 4 nitrogen and oxygen atoms in total. The molecule has 1 saturated carbocycles. The highest BCUT2D eigenvalue weighted by Crippen LogP contribution is 2.38. The number of nitrogens with one attached hydrogen (secondary N) is 1. The van der Waals surface area contributed by atoms with Crippen molar-refractivity contribution in [3.63, 3.8) is 0 Å². The third-order valence-electron chi connectivity index (χ3n) is 6.41. The molecule has 172 valence electrons. The van der Waals surface area contributed by atoms with E-state index in [-0.39, 0.29) is 24.9 Å². The van der Waals surface area contributed by atoms with E-state index in [0.29, 0.717) is 22.7 Å². The number of aliphatic hydroxyl groups excluding tert-OH is 1. The molecule has 0 bridgehead atoms. The number of benzene rings is 2. The number of hydrogen-bond acceptors (Lipinski definition) is 3. The van der Waals surface area contributed by atoms with Crippen molar-refractivity contribution in [1.82, 2.24) is 4.90 Å². The smallest absolute Gasteiger partial charge is 0.370 e. The fraction of sp³-hybridized carbons (Fsp3) is 0.458. The van der Waals surface area contributed by atoms with Gasteiger partial charge in [0.05, 0.1) is 0 Å². The molecule has 1 unspecified atom stereocenters. The third kappa shape index (κ3) is 4.95. The largest absolute Gasteiger partial charge is 0.428 e. The van der Waals surface area contributed by atoms with Crippen LogP contribution in [0.3, 0.4) is 0 Å². The number of amides is 1. The van der Waals surface area contributed by atoms with Gasteiger partial charge in [0.15, 0.2) is 0 Å². The molecule has 1 fully saturated rings. The summed E-state index contributed by atoms with van der Waals surface area (Å²) in [6, 6.07) is 10.9. The van der Waals surface area contributed by atoms with Gasteiger partial charge >= 0.3 is 6.18 Å².